The Bertz CT molecular complexity index is 1060. The maximum absolute atomic E-state index is 11.4. The number of rotatable bonds is 3. The second-order valence-electron chi connectivity index (χ2n) is 8.76. The molecule has 1 aliphatic rings. The van der Waals surface area contributed by atoms with E-state index >= 15 is 0 Å². The van der Waals surface area contributed by atoms with E-state index in [0.717, 1.165) is 30.0 Å². The second kappa shape index (κ2) is 7.03. The van der Waals surface area contributed by atoms with Gasteiger partial charge in [0.2, 0.25) is 0 Å². The van der Waals surface area contributed by atoms with Crippen LogP contribution in [0.4, 0.5) is 10.6 Å². The quantitative estimate of drug-likeness (QED) is 0.685. The van der Waals surface area contributed by atoms with Crippen molar-refractivity contribution in [2.75, 3.05) is 18.0 Å². The third-order valence-corrected chi connectivity index (χ3v) is 6.07. The molecule has 6 heteroatoms. The molecule has 3 aromatic rings. The highest BCUT2D eigenvalue weighted by molar-refractivity contribution is 5.87. The molecule has 0 saturated carbocycles. The third kappa shape index (κ3) is 3.62. The lowest BCUT2D eigenvalue weighted by molar-refractivity contribution is 0.132. The fourth-order valence-corrected chi connectivity index (χ4v) is 4.14. The van der Waals surface area contributed by atoms with Gasteiger partial charge in [-0.3, -0.25) is 0 Å². The van der Waals surface area contributed by atoms with Crippen molar-refractivity contribution in [1.82, 2.24) is 15.3 Å². The number of carboxylic acid groups (broad SMARTS) is 1. The van der Waals surface area contributed by atoms with E-state index in [2.05, 4.69) is 71.3 Å². The predicted octanol–water partition coefficient (Wildman–Crippen LogP) is 4.56. The van der Waals surface area contributed by atoms with E-state index in [9.17, 15) is 9.90 Å². The summed E-state index contributed by atoms with van der Waals surface area (Å²) in [6.45, 7) is 7.55. The highest BCUT2D eigenvalue weighted by Gasteiger charge is 2.48. The lowest BCUT2D eigenvalue weighted by atomic mass is 9.73. The third-order valence-electron chi connectivity index (χ3n) is 6.07. The number of hydrogen-bond acceptors (Lipinski definition) is 4. The molecule has 6 nitrogen and oxygen atoms in total. The summed E-state index contributed by atoms with van der Waals surface area (Å²) in [5.41, 5.74) is 1.17. The molecule has 2 aromatic carbocycles. The van der Waals surface area contributed by atoms with Crippen molar-refractivity contribution in [2.45, 2.75) is 32.7 Å². The largest absolute Gasteiger partial charge is 0.465 e. The van der Waals surface area contributed by atoms with Crippen LogP contribution in [0.2, 0.25) is 0 Å². The van der Waals surface area contributed by atoms with Gasteiger partial charge in [-0.15, -0.1) is 0 Å². The summed E-state index contributed by atoms with van der Waals surface area (Å²) in [6, 6.07) is 16.6. The summed E-state index contributed by atoms with van der Waals surface area (Å²) < 4.78 is 0. The van der Waals surface area contributed by atoms with Gasteiger partial charge in [-0.05, 0) is 28.7 Å². The summed E-state index contributed by atoms with van der Waals surface area (Å²) in [4.78, 5) is 22.5. The average molecular weight is 390 g/mol. The second-order valence-corrected chi connectivity index (χ2v) is 8.76. The first kappa shape index (κ1) is 19.2. The summed E-state index contributed by atoms with van der Waals surface area (Å²) in [6.07, 6.45) is 1.33. The number of nitrogens with one attached hydrogen (secondary N) is 1. The smallest absolute Gasteiger partial charge is 0.405 e. The Kier molecular flexibility index (Phi) is 4.65. The van der Waals surface area contributed by atoms with Crippen LogP contribution in [-0.2, 0) is 0 Å². The van der Waals surface area contributed by atoms with Crippen LogP contribution in [0.15, 0.2) is 54.9 Å². The molecule has 2 heterocycles. The normalized spacial score (nSPS) is 19.5. The molecule has 2 N–H and O–H groups in total. The van der Waals surface area contributed by atoms with E-state index in [0.29, 0.717) is 6.54 Å². The Balaban J connectivity index is 1.64. The van der Waals surface area contributed by atoms with Gasteiger partial charge >= 0.3 is 6.09 Å². The van der Waals surface area contributed by atoms with Crippen LogP contribution in [0.3, 0.4) is 0 Å². The van der Waals surface area contributed by atoms with Gasteiger partial charge in [0.15, 0.2) is 0 Å². The van der Waals surface area contributed by atoms with Crippen molar-refractivity contribution < 1.29 is 9.90 Å². The van der Waals surface area contributed by atoms with Gasteiger partial charge in [0.05, 0.1) is 11.2 Å². The highest BCUT2D eigenvalue weighted by atomic mass is 16.4. The number of aromatic nitrogens is 2. The summed E-state index contributed by atoms with van der Waals surface area (Å²) >= 11 is 0. The molecular formula is C23H26N4O2. The zero-order valence-corrected chi connectivity index (χ0v) is 17.0. The molecule has 1 amide bonds. The molecule has 0 radical (unpaired) electrons. The first-order valence-electron chi connectivity index (χ1n) is 9.85. The van der Waals surface area contributed by atoms with Gasteiger partial charge in [0.25, 0.3) is 0 Å². The molecule has 29 heavy (non-hydrogen) atoms. The molecule has 1 aliphatic heterocycles. The van der Waals surface area contributed by atoms with E-state index in [1.807, 2.05) is 18.2 Å². The van der Waals surface area contributed by atoms with Crippen molar-refractivity contribution in [3.63, 3.8) is 0 Å². The van der Waals surface area contributed by atoms with Crippen LogP contribution < -0.4 is 10.2 Å². The molecule has 4 rings (SSSR count). The van der Waals surface area contributed by atoms with Gasteiger partial charge in [-0.25, -0.2) is 14.8 Å². The van der Waals surface area contributed by atoms with E-state index in [1.165, 1.54) is 10.8 Å². The zero-order valence-electron chi connectivity index (χ0n) is 17.0. The number of nitrogens with zero attached hydrogens (tertiary/aromatic N) is 3. The molecular weight excluding hydrogens is 364 g/mol. The van der Waals surface area contributed by atoms with E-state index < -0.39 is 11.6 Å². The first-order chi connectivity index (χ1) is 13.8. The zero-order chi connectivity index (χ0) is 20.6. The molecule has 0 aliphatic carbocycles. The molecule has 1 fully saturated rings. The Labute approximate surface area is 170 Å². The highest BCUT2D eigenvalue weighted by Crippen LogP contribution is 2.39. The van der Waals surface area contributed by atoms with Crippen molar-refractivity contribution in [3.05, 3.63) is 54.9 Å². The van der Waals surface area contributed by atoms with Crippen LogP contribution in [0, 0.1) is 5.41 Å². The minimum absolute atomic E-state index is 0.214. The van der Waals surface area contributed by atoms with Gasteiger partial charge < -0.3 is 15.3 Å². The van der Waals surface area contributed by atoms with Crippen LogP contribution in [-0.4, -0.2) is 39.8 Å². The fraction of sp³-hybridized carbons (Fsp3) is 0.348. The lowest BCUT2D eigenvalue weighted by Crippen LogP contribution is -2.58. The minimum atomic E-state index is -0.985. The Hall–Kier alpha value is -3.15. The monoisotopic (exact) mass is 390 g/mol. The standard InChI is InChI=1S/C23H26N4O2/c1-22(2,3)23(26-21(28)29)10-11-27(14-23)20-13-19(24-15-25-20)18-9-8-16-6-4-5-7-17(16)12-18/h4-9,12-13,15,26H,10-11,14H2,1-3H3,(H,28,29)/t23-/m0/s1. The first-order valence-corrected chi connectivity index (χ1v) is 9.85. The number of hydrogen-bond donors (Lipinski definition) is 2. The fourth-order valence-electron chi connectivity index (χ4n) is 4.14. The van der Waals surface area contributed by atoms with Crippen LogP contribution >= 0.6 is 0 Å². The molecule has 0 spiro atoms. The Morgan fingerprint density at radius 3 is 2.59 bits per heavy atom. The van der Waals surface area contributed by atoms with E-state index in [1.54, 1.807) is 6.33 Å². The SMILES string of the molecule is CC(C)(C)[C@]1(NC(=O)O)CCN(c2cc(-c3ccc4ccccc4c3)ncn2)C1. The van der Waals surface area contributed by atoms with Crippen molar-refractivity contribution in [3.8, 4) is 11.3 Å². The van der Waals surface area contributed by atoms with Crippen LogP contribution in [0.5, 0.6) is 0 Å². The molecule has 1 atom stereocenters. The number of amides is 1. The summed E-state index contributed by atoms with van der Waals surface area (Å²) in [5.74, 6) is 0.821. The molecule has 0 unspecified atom stereocenters. The lowest BCUT2D eigenvalue weighted by Gasteiger charge is -2.41. The van der Waals surface area contributed by atoms with E-state index in [4.69, 9.17) is 0 Å². The topological polar surface area (TPSA) is 78.4 Å². The van der Waals surface area contributed by atoms with Gasteiger partial charge in [-0.2, -0.15) is 0 Å². The Morgan fingerprint density at radius 2 is 1.86 bits per heavy atom. The minimum Gasteiger partial charge on any atom is -0.465 e. The van der Waals surface area contributed by atoms with Crippen molar-refractivity contribution >= 4 is 22.7 Å². The Morgan fingerprint density at radius 1 is 1.10 bits per heavy atom. The van der Waals surface area contributed by atoms with Crippen LogP contribution in [0.1, 0.15) is 27.2 Å². The molecule has 0 bridgehead atoms. The summed E-state index contributed by atoms with van der Waals surface area (Å²) in [5, 5.41) is 14.5. The average Bonchev–Trinajstić information content (AvgIpc) is 3.12. The molecule has 1 saturated heterocycles. The van der Waals surface area contributed by atoms with Crippen molar-refractivity contribution in [1.29, 1.82) is 0 Å². The molecule has 1 aromatic heterocycles. The van der Waals surface area contributed by atoms with Gasteiger partial charge in [-0.1, -0.05) is 57.2 Å². The van der Waals surface area contributed by atoms with Gasteiger partial charge in [0.1, 0.15) is 12.1 Å². The number of anilines is 1. The summed E-state index contributed by atoms with van der Waals surface area (Å²) in [7, 11) is 0. The predicted molar refractivity (Wildman–Crippen MR) is 115 cm³/mol. The number of benzene rings is 2. The number of fused-ring (bicyclic) bond motifs is 1. The molecule has 150 valence electrons. The maximum Gasteiger partial charge on any atom is 0.405 e. The number of carbonyl (C=O) groups is 1. The van der Waals surface area contributed by atoms with Crippen molar-refractivity contribution in [2.24, 2.45) is 5.41 Å². The van der Waals surface area contributed by atoms with Crippen LogP contribution in [0.25, 0.3) is 22.0 Å². The van der Waals surface area contributed by atoms with E-state index in [-0.39, 0.29) is 5.41 Å². The van der Waals surface area contributed by atoms with Gasteiger partial charge in [0, 0.05) is 24.7 Å². The maximum atomic E-state index is 11.4.